The summed E-state index contributed by atoms with van der Waals surface area (Å²) < 4.78 is 6.95. The largest absolute Gasteiger partial charge is 0.495 e. The lowest BCUT2D eigenvalue weighted by atomic mass is 10.2. The van der Waals surface area contributed by atoms with Gasteiger partial charge >= 0.3 is 0 Å². The van der Waals surface area contributed by atoms with E-state index in [1.165, 1.54) is 7.11 Å². The number of carbonyl (C=O) groups excluding carboxylic acids is 1. The molecule has 0 saturated carbocycles. The van der Waals surface area contributed by atoms with Crippen LogP contribution in [-0.4, -0.2) is 29.3 Å². The molecule has 2 aromatic carbocycles. The number of halogens is 1. The van der Waals surface area contributed by atoms with Crippen molar-refractivity contribution < 1.29 is 9.53 Å². The van der Waals surface area contributed by atoms with Crippen LogP contribution < -0.4 is 10.1 Å². The highest BCUT2D eigenvalue weighted by atomic mass is 35.5. The number of hydrogen-bond acceptors (Lipinski definition) is 3. The van der Waals surface area contributed by atoms with E-state index in [2.05, 4.69) is 10.4 Å². The van der Waals surface area contributed by atoms with E-state index in [1.54, 1.807) is 18.2 Å². The van der Waals surface area contributed by atoms with E-state index >= 15 is 0 Å². The van der Waals surface area contributed by atoms with Crippen LogP contribution in [0.3, 0.4) is 0 Å². The Kier molecular flexibility index (Phi) is 5.36. The van der Waals surface area contributed by atoms with Crippen LogP contribution in [-0.2, 0) is 6.42 Å². The van der Waals surface area contributed by atoms with Crippen LogP contribution in [0.15, 0.2) is 60.9 Å². The summed E-state index contributed by atoms with van der Waals surface area (Å²) in [6.07, 6.45) is 4.47. The van der Waals surface area contributed by atoms with E-state index < -0.39 is 0 Å². The zero-order chi connectivity index (χ0) is 17.6. The quantitative estimate of drug-likeness (QED) is 0.736. The third-order valence-corrected chi connectivity index (χ3v) is 4.08. The topological polar surface area (TPSA) is 56.1 Å². The number of nitrogens with zero attached hydrogens (tertiary/aromatic N) is 2. The number of aromatic nitrogens is 2. The smallest absolute Gasteiger partial charge is 0.251 e. The number of methoxy groups -OCH3 is 1. The maximum atomic E-state index is 12.2. The summed E-state index contributed by atoms with van der Waals surface area (Å²) in [4.78, 5) is 12.2. The molecule has 0 aliphatic rings. The monoisotopic (exact) mass is 355 g/mol. The second kappa shape index (κ2) is 7.85. The first-order valence-corrected chi connectivity index (χ1v) is 8.26. The molecule has 1 N–H and O–H groups in total. The normalized spacial score (nSPS) is 10.5. The molecule has 0 aliphatic heterocycles. The summed E-state index contributed by atoms with van der Waals surface area (Å²) in [7, 11) is 1.52. The Balaban J connectivity index is 1.56. The molecule has 0 atom stereocenters. The Bertz CT molecular complexity index is 862. The minimum atomic E-state index is -0.162. The standard InChI is InChI=1S/C19H18ClN3O2/c1-25-18-11-15(7-8-17(18)20)19(24)21-10-9-14-12-22-23(13-14)16-5-3-2-4-6-16/h2-8,11-13H,9-10H2,1H3,(H,21,24). The van der Waals surface area contributed by atoms with E-state index in [1.807, 2.05) is 47.4 Å². The van der Waals surface area contributed by atoms with Crippen LogP contribution >= 0.6 is 11.6 Å². The molecule has 0 spiro atoms. The van der Waals surface area contributed by atoms with Gasteiger partial charge in [-0.1, -0.05) is 29.8 Å². The van der Waals surface area contributed by atoms with Gasteiger partial charge in [-0.15, -0.1) is 0 Å². The van der Waals surface area contributed by atoms with Crippen molar-refractivity contribution in [1.29, 1.82) is 0 Å². The first kappa shape index (κ1) is 17.0. The Morgan fingerprint density at radius 1 is 1.24 bits per heavy atom. The van der Waals surface area contributed by atoms with E-state index in [0.29, 0.717) is 29.3 Å². The Hall–Kier alpha value is -2.79. The molecule has 3 aromatic rings. The molecule has 0 saturated heterocycles. The summed E-state index contributed by atoms with van der Waals surface area (Å²) in [6, 6.07) is 14.8. The number of amides is 1. The number of benzene rings is 2. The molecule has 6 heteroatoms. The molecule has 128 valence electrons. The summed E-state index contributed by atoms with van der Waals surface area (Å²) >= 11 is 5.97. The van der Waals surface area contributed by atoms with Crippen molar-refractivity contribution >= 4 is 17.5 Å². The lowest BCUT2D eigenvalue weighted by Crippen LogP contribution is -2.25. The molecule has 0 unspecified atom stereocenters. The Morgan fingerprint density at radius 2 is 2.04 bits per heavy atom. The van der Waals surface area contributed by atoms with Crippen LogP contribution in [0.1, 0.15) is 15.9 Å². The fourth-order valence-electron chi connectivity index (χ4n) is 2.43. The van der Waals surface area contributed by atoms with Gasteiger partial charge in [0.1, 0.15) is 5.75 Å². The van der Waals surface area contributed by atoms with Gasteiger partial charge < -0.3 is 10.1 Å². The number of ether oxygens (including phenoxy) is 1. The number of nitrogens with one attached hydrogen (secondary N) is 1. The maximum Gasteiger partial charge on any atom is 0.251 e. The Labute approximate surface area is 151 Å². The Morgan fingerprint density at radius 3 is 2.80 bits per heavy atom. The number of rotatable bonds is 6. The number of carbonyl (C=O) groups is 1. The molecule has 0 bridgehead atoms. The fraction of sp³-hybridized carbons (Fsp3) is 0.158. The highest BCUT2D eigenvalue weighted by Gasteiger charge is 2.09. The highest BCUT2D eigenvalue weighted by molar-refractivity contribution is 6.32. The van der Waals surface area contributed by atoms with Crippen LogP contribution in [0.2, 0.25) is 5.02 Å². The van der Waals surface area contributed by atoms with Gasteiger partial charge in [0.25, 0.3) is 5.91 Å². The average Bonchev–Trinajstić information content (AvgIpc) is 3.11. The lowest BCUT2D eigenvalue weighted by Gasteiger charge is -2.07. The molecule has 1 heterocycles. The third-order valence-electron chi connectivity index (χ3n) is 3.77. The van der Waals surface area contributed by atoms with Crippen LogP contribution in [0.25, 0.3) is 5.69 Å². The van der Waals surface area contributed by atoms with Gasteiger partial charge in [0.2, 0.25) is 0 Å². The first-order chi connectivity index (χ1) is 12.2. The SMILES string of the molecule is COc1cc(C(=O)NCCc2cnn(-c3ccccc3)c2)ccc1Cl. The molecule has 0 radical (unpaired) electrons. The average molecular weight is 356 g/mol. The second-order valence-corrected chi connectivity index (χ2v) is 5.89. The number of para-hydroxylation sites is 1. The maximum absolute atomic E-state index is 12.2. The molecule has 0 fully saturated rings. The van der Waals surface area contributed by atoms with Crippen LogP contribution in [0.5, 0.6) is 5.75 Å². The first-order valence-electron chi connectivity index (χ1n) is 7.88. The highest BCUT2D eigenvalue weighted by Crippen LogP contribution is 2.24. The van der Waals surface area contributed by atoms with Gasteiger partial charge in [0.15, 0.2) is 0 Å². The second-order valence-electron chi connectivity index (χ2n) is 5.48. The fourth-order valence-corrected chi connectivity index (χ4v) is 2.63. The molecule has 25 heavy (non-hydrogen) atoms. The van der Waals surface area contributed by atoms with E-state index in [-0.39, 0.29) is 5.91 Å². The van der Waals surface area contributed by atoms with Crippen molar-refractivity contribution in [2.24, 2.45) is 0 Å². The predicted octanol–water partition coefficient (Wildman–Crippen LogP) is 3.51. The number of hydrogen-bond donors (Lipinski definition) is 1. The van der Waals surface area contributed by atoms with Gasteiger partial charge in [-0.3, -0.25) is 4.79 Å². The van der Waals surface area contributed by atoms with Crippen molar-refractivity contribution in [3.63, 3.8) is 0 Å². The minimum absolute atomic E-state index is 0.162. The molecule has 5 nitrogen and oxygen atoms in total. The van der Waals surface area contributed by atoms with E-state index in [0.717, 1.165) is 11.3 Å². The van der Waals surface area contributed by atoms with Crippen molar-refractivity contribution in [3.8, 4) is 11.4 Å². The van der Waals surface area contributed by atoms with Gasteiger partial charge in [-0.05, 0) is 42.3 Å². The molecule has 0 aliphatic carbocycles. The van der Waals surface area contributed by atoms with Crippen molar-refractivity contribution in [3.05, 3.63) is 77.1 Å². The van der Waals surface area contributed by atoms with Crippen molar-refractivity contribution in [2.45, 2.75) is 6.42 Å². The summed E-state index contributed by atoms with van der Waals surface area (Å²) in [6.45, 7) is 0.518. The molecular weight excluding hydrogens is 338 g/mol. The zero-order valence-corrected chi connectivity index (χ0v) is 14.5. The molecule has 1 aromatic heterocycles. The predicted molar refractivity (Wildman–Crippen MR) is 97.6 cm³/mol. The zero-order valence-electron chi connectivity index (χ0n) is 13.8. The molecule has 3 rings (SSSR count). The lowest BCUT2D eigenvalue weighted by molar-refractivity contribution is 0.0954. The van der Waals surface area contributed by atoms with Crippen LogP contribution in [0, 0.1) is 0 Å². The summed E-state index contributed by atoms with van der Waals surface area (Å²) in [5.74, 6) is 0.323. The third kappa shape index (κ3) is 4.19. The van der Waals surface area contributed by atoms with Gasteiger partial charge in [0.05, 0.1) is 24.0 Å². The van der Waals surface area contributed by atoms with Gasteiger partial charge in [0, 0.05) is 18.3 Å². The van der Waals surface area contributed by atoms with E-state index in [9.17, 15) is 4.79 Å². The molecule has 1 amide bonds. The van der Waals surface area contributed by atoms with Gasteiger partial charge in [-0.25, -0.2) is 4.68 Å². The van der Waals surface area contributed by atoms with Crippen molar-refractivity contribution in [1.82, 2.24) is 15.1 Å². The molecular formula is C19H18ClN3O2. The van der Waals surface area contributed by atoms with E-state index in [4.69, 9.17) is 16.3 Å². The van der Waals surface area contributed by atoms with Crippen molar-refractivity contribution in [2.75, 3.05) is 13.7 Å². The summed E-state index contributed by atoms with van der Waals surface area (Å²) in [5, 5.41) is 7.72. The minimum Gasteiger partial charge on any atom is -0.495 e. The summed E-state index contributed by atoms with van der Waals surface area (Å²) in [5.41, 5.74) is 2.57. The van der Waals surface area contributed by atoms with Gasteiger partial charge in [-0.2, -0.15) is 5.10 Å². The van der Waals surface area contributed by atoms with Crippen LogP contribution in [0.4, 0.5) is 0 Å².